The Morgan fingerprint density at radius 1 is 0.625 bits per heavy atom. The summed E-state index contributed by atoms with van der Waals surface area (Å²) < 4.78 is 103. The highest BCUT2D eigenvalue weighted by Gasteiger charge is 2.28. The van der Waals surface area contributed by atoms with Crippen molar-refractivity contribution in [2.75, 3.05) is 0 Å². The summed E-state index contributed by atoms with van der Waals surface area (Å²) in [4.78, 5) is 11.0. The summed E-state index contributed by atoms with van der Waals surface area (Å²) in [5.74, 6) is -0.873. The molecule has 0 fully saturated rings. The van der Waals surface area contributed by atoms with E-state index in [1.807, 2.05) is 0 Å². The highest BCUT2D eigenvalue weighted by atomic mass is 32.2. The molecule has 0 atom stereocenters. The number of hydrogen-bond donors (Lipinski definition) is 4. The first-order valence-corrected chi connectivity index (χ1v) is 15.5. The van der Waals surface area contributed by atoms with Crippen LogP contribution in [0, 0.1) is 0 Å². The van der Waals surface area contributed by atoms with Crippen LogP contribution in [-0.2, 0) is 30.4 Å². The number of aromatic hydroxyl groups is 1. The van der Waals surface area contributed by atoms with Crippen LogP contribution in [0.2, 0.25) is 0 Å². The molecule has 0 aliphatic rings. The van der Waals surface area contributed by atoms with Gasteiger partial charge in [0.05, 0.1) is 0 Å². The third kappa shape index (κ3) is 4.50. The van der Waals surface area contributed by atoms with Gasteiger partial charge in [0.25, 0.3) is 30.4 Å². The molecule has 40 heavy (non-hydrogen) atoms. The Morgan fingerprint density at radius 2 is 1.05 bits per heavy atom. The molecule has 0 unspecified atom stereocenters. The molecule has 0 saturated carbocycles. The first-order valence-electron chi connectivity index (χ1n) is 11.2. The van der Waals surface area contributed by atoms with Crippen molar-refractivity contribution < 1.29 is 48.8 Å². The monoisotopic (exact) mass is 602 g/mol. The lowest BCUT2D eigenvalue weighted by Crippen LogP contribution is -2.08. The Morgan fingerprint density at radius 3 is 1.52 bits per heavy atom. The number of benzene rings is 5. The molecule has 5 aromatic rings. The van der Waals surface area contributed by atoms with Gasteiger partial charge in [0.15, 0.2) is 5.78 Å². The molecular formula is C26H18O11S3. The number of rotatable bonds is 6. The van der Waals surface area contributed by atoms with Crippen molar-refractivity contribution in [2.24, 2.45) is 0 Å². The van der Waals surface area contributed by atoms with Gasteiger partial charge in [-0.3, -0.25) is 18.5 Å². The second-order valence-corrected chi connectivity index (χ2v) is 13.2. The molecule has 5 aromatic carbocycles. The first-order chi connectivity index (χ1) is 18.5. The number of phenolic OH excluding ortho intramolecular Hbond substituents is 1. The largest absolute Gasteiger partial charge is 0.507 e. The van der Waals surface area contributed by atoms with E-state index >= 15 is 0 Å². The van der Waals surface area contributed by atoms with Gasteiger partial charge in [-0.15, -0.1) is 0 Å². The number of hydrogen-bond acceptors (Lipinski definition) is 8. The van der Waals surface area contributed by atoms with Gasteiger partial charge in [0, 0.05) is 32.7 Å². The van der Waals surface area contributed by atoms with Gasteiger partial charge in [-0.1, -0.05) is 42.5 Å². The summed E-state index contributed by atoms with van der Waals surface area (Å²) in [6.45, 7) is 1.53. The standard InChI is InChI=1S/C26H18O11S3/c1-13(14-4-2-3-5-20(14)27)10-21(28)19-11-22(38(29,30)31)16-8-9-18-24(40(35,36)37)12-23(39(32,33)34)17-7-6-15(19)25(16)26(17)18/h2-12,27H,1H3,(H,29,30,31)(H,32,33,34)(H,35,36,37). The Labute approximate surface area is 227 Å². The quantitative estimate of drug-likeness (QED) is 0.0933. The average Bonchev–Trinajstić information content (AvgIpc) is 2.84. The molecular weight excluding hydrogens is 584 g/mol. The molecule has 0 aromatic heterocycles. The second kappa shape index (κ2) is 9.05. The van der Waals surface area contributed by atoms with Gasteiger partial charge in [-0.05, 0) is 47.5 Å². The van der Waals surface area contributed by atoms with Gasteiger partial charge in [-0.25, -0.2) is 0 Å². The summed E-state index contributed by atoms with van der Waals surface area (Å²) in [6, 6.07) is 12.4. The molecule has 0 spiro atoms. The molecule has 0 bridgehead atoms. The summed E-state index contributed by atoms with van der Waals surface area (Å²) in [6.07, 6.45) is 1.13. The van der Waals surface area contributed by atoms with Crippen molar-refractivity contribution in [3.8, 4) is 5.75 Å². The van der Waals surface area contributed by atoms with Crippen molar-refractivity contribution in [3.05, 3.63) is 77.9 Å². The molecule has 11 nitrogen and oxygen atoms in total. The fraction of sp³-hybridized carbons (Fsp3) is 0.0385. The molecule has 0 aliphatic carbocycles. The van der Waals surface area contributed by atoms with Crippen molar-refractivity contribution in [2.45, 2.75) is 21.6 Å². The lowest BCUT2D eigenvalue weighted by Gasteiger charge is -2.18. The first kappa shape index (κ1) is 27.6. The Kier molecular flexibility index (Phi) is 6.26. The predicted octanol–water partition coefficient (Wildman–Crippen LogP) is 4.32. The fourth-order valence-corrected chi connectivity index (χ4v) is 7.12. The van der Waals surface area contributed by atoms with Gasteiger partial charge in [0.2, 0.25) is 0 Å². The molecule has 0 saturated heterocycles. The fourth-order valence-electron chi connectivity index (χ4n) is 4.90. The molecule has 0 amide bonds. The van der Waals surface area contributed by atoms with Crippen LogP contribution < -0.4 is 0 Å². The molecule has 0 heterocycles. The Balaban J connectivity index is 1.98. The van der Waals surface area contributed by atoms with Gasteiger partial charge >= 0.3 is 0 Å². The minimum absolute atomic E-state index is 0.0561. The lowest BCUT2D eigenvalue weighted by atomic mass is 9.90. The topological polar surface area (TPSA) is 200 Å². The van der Waals surface area contributed by atoms with E-state index in [1.165, 1.54) is 25.1 Å². The zero-order chi connectivity index (χ0) is 29.4. The molecule has 206 valence electrons. The summed E-state index contributed by atoms with van der Waals surface area (Å²) in [5.41, 5.74) is 0.374. The van der Waals surface area contributed by atoms with E-state index < -0.39 is 50.8 Å². The maximum absolute atomic E-state index is 13.5. The highest BCUT2D eigenvalue weighted by molar-refractivity contribution is 7.87. The maximum Gasteiger partial charge on any atom is 0.295 e. The zero-order valence-corrected chi connectivity index (χ0v) is 22.7. The van der Waals surface area contributed by atoms with E-state index in [0.29, 0.717) is 17.2 Å². The number of carbonyl (C=O) groups is 1. The number of ketones is 1. The number of phenols is 1. The molecule has 4 N–H and O–H groups in total. The van der Waals surface area contributed by atoms with E-state index in [-0.39, 0.29) is 43.6 Å². The van der Waals surface area contributed by atoms with Crippen LogP contribution in [0.4, 0.5) is 0 Å². The van der Waals surface area contributed by atoms with Gasteiger partial charge in [-0.2, -0.15) is 25.3 Å². The molecule has 14 heteroatoms. The summed E-state index contributed by atoms with van der Waals surface area (Å²) in [5, 5.41) is 9.27. The normalized spacial score (nSPS) is 13.4. The van der Waals surface area contributed by atoms with Gasteiger partial charge in [0.1, 0.15) is 20.4 Å². The van der Waals surface area contributed by atoms with Crippen LogP contribution in [-0.4, -0.2) is 49.8 Å². The third-order valence-electron chi connectivity index (χ3n) is 6.56. The lowest BCUT2D eigenvalue weighted by molar-refractivity contribution is 0.104. The minimum Gasteiger partial charge on any atom is -0.507 e. The van der Waals surface area contributed by atoms with Crippen LogP contribution >= 0.6 is 0 Å². The second-order valence-electron chi connectivity index (χ2n) is 9.00. The van der Waals surface area contributed by atoms with Crippen LogP contribution in [0.15, 0.2) is 81.4 Å². The predicted molar refractivity (Wildman–Crippen MR) is 146 cm³/mol. The van der Waals surface area contributed by atoms with Crippen LogP contribution in [0.3, 0.4) is 0 Å². The van der Waals surface area contributed by atoms with Crippen molar-refractivity contribution in [1.29, 1.82) is 0 Å². The van der Waals surface area contributed by atoms with E-state index in [9.17, 15) is 48.8 Å². The van der Waals surface area contributed by atoms with Crippen molar-refractivity contribution in [1.82, 2.24) is 0 Å². The average molecular weight is 603 g/mol. The van der Waals surface area contributed by atoms with E-state index in [1.54, 1.807) is 18.2 Å². The maximum atomic E-state index is 13.5. The molecule has 0 aliphatic heterocycles. The molecule has 0 radical (unpaired) electrons. The van der Waals surface area contributed by atoms with Crippen LogP contribution in [0.5, 0.6) is 5.75 Å². The zero-order valence-electron chi connectivity index (χ0n) is 20.2. The molecule has 5 rings (SSSR count). The summed E-state index contributed by atoms with van der Waals surface area (Å²) in [7, 11) is -15.1. The third-order valence-corrected chi connectivity index (χ3v) is 9.24. The number of allylic oxidation sites excluding steroid dienone is 2. The SMILES string of the molecule is CC(=CC(=O)c1cc(S(=O)(=O)O)c2ccc3c(S(=O)(=O)O)cc(S(=O)(=O)O)c4ccc1c2c43)c1ccccc1O. The van der Waals surface area contributed by atoms with Crippen LogP contribution in [0.1, 0.15) is 22.8 Å². The number of para-hydroxylation sites is 1. The van der Waals surface area contributed by atoms with E-state index in [0.717, 1.165) is 24.3 Å². The highest BCUT2D eigenvalue weighted by Crippen LogP contribution is 2.43. The number of carbonyl (C=O) groups excluding carboxylic acids is 1. The van der Waals surface area contributed by atoms with Crippen molar-refractivity contribution >= 4 is 74.0 Å². The van der Waals surface area contributed by atoms with Crippen molar-refractivity contribution in [3.63, 3.8) is 0 Å². The minimum atomic E-state index is -5.07. The van der Waals surface area contributed by atoms with E-state index in [4.69, 9.17) is 0 Å². The smallest absolute Gasteiger partial charge is 0.295 e. The van der Waals surface area contributed by atoms with Crippen LogP contribution in [0.25, 0.3) is 37.9 Å². The Bertz CT molecular complexity index is 2210. The Hall–Kier alpha value is -3.92. The summed E-state index contributed by atoms with van der Waals surface area (Å²) >= 11 is 0. The van der Waals surface area contributed by atoms with Gasteiger partial charge < -0.3 is 5.11 Å². The van der Waals surface area contributed by atoms with E-state index in [2.05, 4.69) is 0 Å².